The monoisotopic (exact) mass is 530 g/mol. The summed E-state index contributed by atoms with van der Waals surface area (Å²) in [5.74, 6) is 1.07. The number of benzene rings is 1. The number of pyridine rings is 1. The highest BCUT2D eigenvalue weighted by Crippen LogP contribution is 2.13. The van der Waals surface area contributed by atoms with Gasteiger partial charge in [0.1, 0.15) is 17.7 Å². The van der Waals surface area contributed by atoms with E-state index in [-0.39, 0.29) is 41.5 Å². The minimum Gasteiger partial charge on any atom is -0.489 e. The molecule has 0 aliphatic heterocycles. The van der Waals surface area contributed by atoms with E-state index in [0.717, 1.165) is 37.6 Å². The van der Waals surface area contributed by atoms with Gasteiger partial charge in [0.05, 0.1) is 6.54 Å². The Bertz CT molecular complexity index is 840. The van der Waals surface area contributed by atoms with E-state index in [1.165, 1.54) is 12.1 Å². The molecule has 1 heterocycles. The minimum atomic E-state index is -0.283. The van der Waals surface area contributed by atoms with Gasteiger partial charge in [-0.1, -0.05) is 6.07 Å². The zero-order chi connectivity index (χ0) is 21.1. The molecule has 2 rings (SSSR count). The molecule has 0 spiro atoms. The topological polar surface area (TPSA) is 67.7 Å². The number of unbranched alkanes of at least 4 members (excludes halogenated alkanes) is 1. The van der Waals surface area contributed by atoms with Crippen LogP contribution in [0.1, 0.15) is 32.4 Å². The highest BCUT2D eigenvalue weighted by Gasteiger charge is 2.05. The predicted octanol–water partition coefficient (Wildman–Crippen LogP) is 3.72. The Morgan fingerprint density at radius 3 is 2.57 bits per heavy atom. The Labute approximate surface area is 195 Å². The fourth-order valence-electron chi connectivity index (χ4n) is 2.86. The maximum Gasteiger partial charge on any atom is 0.250 e. The lowest BCUT2D eigenvalue weighted by Crippen LogP contribution is -2.38. The first-order chi connectivity index (χ1) is 14.0. The Balaban J connectivity index is 0.00000450. The summed E-state index contributed by atoms with van der Waals surface area (Å²) >= 11 is 0. The number of hydrogen-bond acceptors (Lipinski definition) is 3. The van der Waals surface area contributed by atoms with Crippen molar-refractivity contribution < 1.29 is 9.13 Å². The summed E-state index contributed by atoms with van der Waals surface area (Å²) in [5, 5.41) is 6.52. The van der Waals surface area contributed by atoms with Crippen molar-refractivity contribution in [3.63, 3.8) is 0 Å². The van der Waals surface area contributed by atoms with Gasteiger partial charge in [0.2, 0.25) is 0 Å². The predicted molar refractivity (Wildman–Crippen MR) is 131 cm³/mol. The van der Waals surface area contributed by atoms with Crippen LogP contribution in [0.4, 0.5) is 4.39 Å². The summed E-state index contributed by atoms with van der Waals surface area (Å²) in [6.07, 6.45) is 1.69. The van der Waals surface area contributed by atoms with Gasteiger partial charge < -0.3 is 19.9 Å². The van der Waals surface area contributed by atoms with Crippen LogP contribution in [-0.2, 0) is 6.54 Å². The van der Waals surface area contributed by atoms with E-state index < -0.39 is 0 Å². The maximum atomic E-state index is 13.0. The number of nitrogens with one attached hydrogen (secondary N) is 2. The van der Waals surface area contributed by atoms with Crippen molar-refractivity contribution >= 4 is 29.9 Å². The third-order valence-electron chi connectivity index (χ3n) is 4.37. The number of halogens is 2. The second-order valence-electron chi connectivity index (χ2n) is 6.89. The van der Waals surface area contributed by atoms with E-state index in [0.29, 0.717) is 18.8 Å². The summed E-state index contributed by atoms with van der Waals surface area (Å²) < 4.78 is 20.5. The van der Waals surface area contributed by atoms with E-state index in [2.05, 4.69) is 15.6 Å². The number of aryl methyl sites for hydroxylation is 1. The van der Waals surface area contributed by atoms with Crippen LogP contribution in [0, 0.1) is 12.7 Å². The van der Waals surface area contributed by atoms with Crippen molar-refractivity contribution in [3.05, 3.63) is 64.3 Å². The maximum absolute atomic E-state index is 13.0. The van der Waals surface area contributed by atoms with Crippen LogP contribution in [0.15, 0.2) is 52.3 Å². The largest absolute Gasteiger partial charge is 0.489 e. The number of ether oxygens (including phenoxy) is 1. The fourth-order valence-corrected chi connectivity index (χ4v) is 2.86. The molecule has 1 aromatic carbocycles. The van der Waals surface area contributed by atoms with Crippen LogP contribution in [-0.4, -0.2) is 36.3 Å². The molecular weight excluding hydrogens is 498 g/mol. The third kappa shape index (κ3) is 9.15. The van der Waals surface area contributed by atoms with Crippen LogP contribution >= 0.6 is 24.0 Å². The molecule has 6 nitrogen and oxygen atoms in total. The third-order valence-corrected chi connectivity index (χ3v) is 4.37. The first kappa shape index (κ1) is 25.9. The number of nitrogens with zero attached hydrogens (tertiary/aromatic N) is 2. The smallest absolute Gasteiger partial charge is 0.250 e. The van der Waals surface area contributed by atoms with Gasteiger partial charge in [-0.05, 0) is 63.9 Å². The molecule has 2 aromatic rings. The molecule has 0 amide bonds. The van der Waals surface area contributed by atoms with Crippen molar-refractivity contribution in [1.82, 2.24) is 15.2 Å². The summed E-state index contributed by atoms with van der Waals surface area (Å²) in [6.45, 7) is 8.60. The lowest BCUT2D eigenvalue weighted by molar-refractivity contribution is 0.230. The van der Waals surface area contributed by atoms with Gasteiger partial charge >= 0.3 is 0 Å². The SMILES string of the molecule is CCNC(=NCC(C)Oc1ccc(F)cc1)NCCCCn1c(C)cccc1=O.I. The van der Waals surface area contributed by atoms with Crippen molar-refractivity contribution in [2.45, 2.75) is 46.3 Å². The van der Waals surface area contributed by atoms with Gasteiger partial charge in [-0.25, -0.2) is 9.38 Å². The standard InChI is InChI=1S/C22H31FN4O2.HI/c1-4-24-22(26-16-18(3)29-20-12-10-19(23)11-13-20)25-14-5-6-15-27-17(2)8-7-9-21(27)28;/h7-13,18H,4-6,14-16H2,1-3H3,(H2,24,25,26);1H. The van der Waals surface area contributed by atoms with Crippen molar-refractivity contribution in [2.75, 3.05) is 19.6 Å². The molecule has 0 aliphatic carbocycles. The lowest BCUT2D eigenvalue weighted by atomic mass is 10.3. The van der Waals surface area contributed by atoms with Gasteiger partial charge in [0.15, 0.2) is 5.96 Å². The molecule has 0 radical (unpaired) electrons. The molecule has 1 aromatic heterocycles. The molecule has 166 valence electrons. The number of aromatic nitrogens is 1. The summed E-state index contributed by atoms with van der Waals surface area (Å²) in [6, 6.07) is 11.3. The number of guanidine groups is 1. The lowest BCUT2D eigenvalue weighted by Gasteiger charge is -2.15. The van der Waals surface area contributed by atoms with Gasteiger partial charge in [0, 0.05) is 31.4 Å². The van der Waals surface area contributed by atoms with Crippen LogP contribution in [0.5, 0.6) is 5.75 Å². The normalized spacial score (nSPS) is 12.1. The van der Waals surface area contributed by atoms with Crippen LogP contribution in [0.3, 0.4) is 0 Å². The van der Waals surface area contributed by atoms with Gasteiger partial charge in [-0.3, -0.25) is 4.79 Å². The van der Waals surface area contributed by atoms with E-state index in [4.69, 9.17) is 4.74 Å². The molecule has 0 saturated carbocycles. The number of aliphatic imine (C=N–C) groups is 1. The summed E-state index contributed by atoms with van der Waals surface area (Å²) in [7, 11) is 0. The summed E-state index contributed by atoms with van der Waals surface area (Å²) in [4.78, 5) is 16.4. The molecule has 30 heavy (non-hydrogen) atoms. The highest BCUT2D eigenvalue weighted by molar-refractivity contribution is 14.0. The zero-order valence-electron chi connectivity index (χ0n) is 17.9. The molecule has 2 N–H and O–H groups in total. The average molecular weight is 530 g/mol. The molecule has 1 atom stereocenters. The molecule has 0 bridgehead atoms. The summed E-state index contributed by atoms with van der Waals surface area (Å²) in [5.41, 5.74) is 1.03. The van der Waals surface area contributed by atoms with Gasteiger partial charge in [-0.2, -0.15) is 0 Å². The van der Waals surface area contributed by atoms with Crippen LogP contribution in [0.25, 0.3) is 0 Å². The molecule has 1 unspecified atom stereocenters. The van der Waals surface area contributed by atoms with Crippen molar-refractivity contribution in [3.8, 4) is 5.75 Å². The fraction of sp³-hybridized carbons (Fsp3) is 0.455. The highest BCUT2D eigenvalue weighted by atomic mass is 127. The van der Waals surface area contributed by atoms with Crippen LogP contribution in [0.2, 0.25) is 0 Å². The van der Waals surface area contributed by atoms with Gasteiger partial charge in [0.25, 0.3) is 5.56 Å². The van der Waals surface area contributed by atoms with Crippen molar-refractivity contribution in [1.29, 1.82) is 0 Å². The first-order valence-electron chi connectivity index (χ1n) is 10.1. The Kier molecular flexibility index (Phi) is 12.1. The molecular formula is C22H32FIN4O2. The molecule has 0 aliphatic rings. The first-order valence-corrected chi connectivity index (χ1v) is 10.1. The van der Waals surface area contributed by atoms with Gasteiger partial charge in [-0.15, -0.1) is 24.0 Å². The van der Waals surface area contributed by atoms with E-state index >= 15 is 0 Å². The zero-order valence-corrected chi connectivity index (χ0v) is 20.2. The number of rotatable bonds is 10. The van der Waals surface area contributed by atoms with E-state index in [1.54, 1.807) is 28.8 Å². The molecule has 0 fully saturated rings. The Morgan fingerprint density at radius 2 is 1.90 bits per heavy atom. The quantitative estimate of drug-likeness (QED) is 0.213. The number of hydrogen-bond donors (Lipinski definition) is 2. The second kappa shape index (κ2) is 14.0. The molecule has 8 heteroatoms. The average Bonchev–Trinajstić information content (AvgIpc) is 2.69. The van der Waals surface area contributed by atoms with E-state index in [1.807, 2.05) is 26.8 Å². The van der Waals surface area contributed by atoms with E-state index in [9.17, 15) is 9.18 Å². The second-order valence-corrected chi connectivity index (χ2v) is 6.89. The van der Waals surface area contributed by atoms with Crippen LogP contribution < -0.4 is 20.9 Å². The molecule has 0 saturated heterocycles. The Hall–Kier alpha value is -2.10. The van der Waals surface area contributed by atoms with Crippen molar-refractivity contribution in [2.24, 2.45) is 4.99 Å². The Morgan fingerprint density at radius 1 is 1.17 bits per heavy atom. The minimum absolute atomic E-state index is 0.